The first-order chi connectivity index (χ1) is 20.9. The van der Waals surface area contributed by atoms with E-state index in [1.54, 1.807) is 18.2 Å². The molecule has 3 aromatic carbocycles. The number of hydrogen-bond donors (Lipinski definition) is 2. The summed E-state index contributed by atoms with van der Waals surface area (Å²) in [7, 11) is 0. The van der Waals surface area contributed by atoms with E-state index in [-0.39, 0.29) is 23.1 Å². The van der Waals surface area contributed by atoms with E-state index in [0.717, 1.165) is 52.9 Å². The van der Waals surface area contributed by atoms with Crippen molar-refractivity contribution in [2.75, 3.05) is 0 Å². The van der Waals surface area contributed by atoms with E-state index in [0.29, 0.717) is 23.4 Å². The monoisotopic (exact) mass is 601 g/mol. The minimum atomic E-state index is -0.514. The van der Waals surface area contributed by atoms with E-state index in [4.69, 9.17) is 22.0 Å². The number of tetrazole rings is 1. The number of unbranched alkanes of at least 4 members (excludes halogenated alkanes) is 1. The molecule has 0 amide bonds. The SMILES string of the molecule is CCCCc1nc(Cl)c(C=O)n1Cc1ccc(-c2ccccc2-c2nnn(C(=O)c3cccc(CON(O)O)c3)n2)cc1. The molecule has 0 unspecified atom stereocenters. The van der Waals surface area contributed by atoms with Gasteiger partial charge in [0.1, 0.15) is 11.5 Å². The Balaban J connectivity index is 1.37. The summed E-state index contributed by atoms with van der Waals surface area (Å²) >= 11 is 6.24. The number of nitrogens with zero attached hydrogens (tertiary/aromatic N) is 7. The van der Waals surface area contributed by atoms with Crippen LogP contribution in [-0.2, 0) is 24.4 Å². The summed E-state index contributed by atoms with van der Waals surface area (Å²) in [5.74, 6) is 0.543. The quantitative estimate of drug-likeness (QED) is 0.143. The molecule has 43 heavy (non-hydrogen) atoms. The molecule has 0 spiro atoms. The van der Waals surface area contributed by atoms with Crippen molar-refractivity contribution in [1.29, 1.82) is 0 Å². The van der Waals surface area contributed by atoms with Gasteiger partial charge in [0.25, 0.3) is 5.91 Å². The number of imidazole rings is 1. The van der Waals surface area contributed by atoms with E-state index in [1.165, 1.54) is 6.07 Å². The largest absolute Gasteiger partial charge is 0.320 e. The third-order valence-electron chi connectivity index (χ3n) is 6.80. The van der Waals surface area contributed by atoms with Crippen LogP contribution in [0.25, 0.3) is 22.5 Å². The molecule has 0 aliphatic heterocycles. The van der Waals surface area contributed by atoms with Crippen LogP contribution in [0.3, 0.4) is 0 Å². The fourth-order valence-corrected chi connectivity index (χ4v) is 4.89. The van der Waals surface area contributed by atoms with Gasteiger partial charge in [-0.3, -0.25) is 20.0 Å². The summed E-state index contributed by atoms with van der Waals surface area (Å²) in [5, 5.41) is 29.8. The van der Waals surface area contributed by atoms with Gasteiger partial charge in [-0.25, -0.2) is 9.82 Å². The van der Waals surface area contributed by atoms with Crippen LogP contribution in [0, 0.1) is 0 Å². The zero-order valence-electron chi connectivity index (χ0n) is 23.2. The molecule has 5 aromatic rings. The van der Waals surface area contributed by atoms with Crippen molar-refractivity contribution in [2.45, 2.75) is 39.3 Å². The smallest absolute Gasteiger partial charge is 0.297 e. The maximum Gasteiger partial charge on any atom is 0.297 e. The highest BCUT2D eigenvalue weighted by molar-refractivity contribution is 6.31. The summed E-state index contributed by atoms with van der Waals surface area (Å²) in [5.41, 5.74) is 4.59. The van der Waals surface area contributed by atoms with Gasteiger partial charge < -0.3 is 4.57 Å². The molecule has 0 aliphatic carbocycles. The lowest BCUT2D eigenvalue weighted by atomic mass is 9.98. The lowest BCUT2D eigenvalue weighted by Crippen LogP contribution is -2.17. The molecule has 0 aliphatic rings. The van der Waals surface area contributed by atoms with E-state index < -0.39 is 11.3 Å². The molecule has 0 radical (unpaired) electrons. The van der Waals surface area contributed by atoms with Crippen molar-refractivity contribution < 1.29 is 24.8 Å². The molecule has 0 atom stereocenters. The first-order valence-corrected chi connectivity index (χ1v) is 13.9. The average molecular weight is 602 g/mol. The van der Waals surface area contributed by atoms with E-state index >= 15 is 0 Å². The predicted octanol–water partition coefficient (Wildman–Crippen LogP) is 5.26. The normalized spacial score (nSPS) is 11.3. The number of rotatable bonds is 12. The standard InChI is InChI=1S/C30H28ClN7O5/c1-2-3-11-27-32-28(31)26(18-39)36(27)17-20-12-14-22(15-13-20)24-9-4-5-10-25(24)29-33-35-37(34-29)30(40)23-8-6-7-21(16-23)19-43-38(41)42/h4-10,12-16,18,41-42H,2-3,11,17,19H2,1H3. The van der Waals surface area contributed by atoms with Gasteiger partial charge in [0.15, 0.2) is 11.4 Å². The minimum absolute atomic E-state index is 0.162. The molecule has 2 aromatic heterocycles. The van der Waals surface area contributed by atoms with Crippen molar-refractivity contribution in [3.8, 4) is 22.5 Å². The molecule has 12 nitrogen and oxygen atoms in total. The highest BCUT2D eigenvalue weighted by Gasteiger charge is 2.18. The second-order valence-electron chi connectivity index (χ2n) is 9.69. The van der Waals surface area contributed by atoms with Gasteiger partial charge in [-0.05, 0) is 46.0 Å². The van der Waals surface area contributed by atoms with Gasteiger partial charge >= 0.3 is 0 Å². The van der Waals surface area contributed by atoms with Crippen LogP contribution in [0.2, 0.25) is 5.15 Å². The Morgan fingerprint density at radius 1 is 1.02 bits per heavy atom. The fourth-order valence-electron chi connectivity index (χ4n) is 4.65. The highest BCUT2D eigenvalue weighted by atomic mass is 35.5. The number of halogens is 1. The van der Waals surface area contributed by atoms with Gasteiger partial charge in [-0.1, -0.05) is 90.4 Å². The summed E-state index contributed by atoms with van der Waals surface area (Å²) < 4.78 is 1.86. The molecule has 13 heteroatoms. The molecule has 2 N–H and O–H groups in total. The zero-order chi connectivity index (χ0) is 30.3. The number of carbonyl (C=O) groups excluding carboxylic acids is 2. The molecule has 5 rings (SSSR count). The van der Waals surface area contributed by atoms with Gasteiger partial charge in [0.2, 0.25) is 5.82 Å². The van der Waals surface area contributed by atoms with Crippen molar-refractivity contribution in [2.24, 2.45) is 0 Å². The summed E-state index contributed by atoms with van der Waals surface area (Å²) in [6.45, 7) is 2.39. The Kier molecular flexibility index (Phi) is 9.45. The van der Waals surface area contributed by atoms with E-state index in [1.807, 2.05) is 53.1 Å². The van der Waals surface area contributed by atoms with E-state index in [9.17, 15) is 9.59 Å². The Morgan fingerprint density at radius 3 is 2.51 bits per heavy atom. The van der Waals surface area contributed by atoms with Crippen LogP contribution in [0.4, 0.5) is 0 Å². The van der Waals surface area contributed by atoms with Gasteiger partial charge in [-0.15, -0.1) is 10.2 Å². The third-order valence-corrected chi connectivity index (χ3v) is 7.07. The molecule has 0 saturated carbocycles. The Morgan fingerprint density at radius 2 is 1.79 bits per heavy atom. The molecular weight excluding hydrogens is 574 g/mol. The Bertz CT molecular complexity index is 1730. The van der Waals surface area contributed by atoms with Crippen LogP contribution in [0.1, 0.15) is 57.6 Å². The topological polar surface area (TPSA) is 148 Å². The Labute approximate surface area is 251 Å². The molecule has 0 bridgehead atoms. The summed E-state index contributed by atoms with van der Waals surface area (Å²) in [6.07, 6.45) is 3.43. The van der Waals surface area contributed by atoms with E-state index in [2.05, 4.69) is 32.2 Å². The fraction of sp³-hybridized carbons (Fsp3) is 0.200. The lowest BCUT2D eigenvalue weighted by Gasteiger charge is -2.11. The van der Waals surface area contributed by atoms with Gasteiger partial charge in [0.05, 0.1) is 12.0 Å². The van der Waals surface area contributed by atoms with Gasteiger partial charge in [0, 0.05) is 24.1 Å². The molecular formula is C30H28ClN7O5. The van der Waals surface area contributed by atoms with Crippen LogP contribution in [0.5, 0.6) is 0 Å². The van der Waals surface area contributed by atoms with Crippen LogP contribution >= 0.6 is 11.6 Å². The summed E-state index contributed by atoms with van der Waals surface area (Å²) in [4.78, 5) is 34.7. The highest BCUT2D eigenvalue weighted by Crippen LogP contribution is 2.30. The number of carbonyl (C=O) groups is 2. The maximum atomic E-state index is 13.1. The van der Waals surface area contributed by atoms with Crippen molar-refractivity contribution >= 4 is 23.8 Å². The zero-order valence-corrected chi connectivity index (χ0v) is 23.9. The number of benzene rings is 3. The first kappa shape index (κ1) is 29.9. The van der Waals surface area contributed by atoms with Crippen molar-refractivity contribution in [3.63, 3.8) is 0 Å². The van der Waals surface area contributed by atoms with Gasteiger partial charge in [-0.2, -0.15) is 0 Å². The number of hydrogen-bond acceptors (Lipinski definition) is 10. The van der Waals surface area contributed by atoms with Crippen LogP contribution < -0.4 is 0 Å². The number of aldehydes is 1. The molecule has 0 fully saturated rings. The van der Waals surface area contributed by atoms with Crippen molar-refractivity contribution in [3.05, 3.63) is 106 Å². The third kappa shape index (κ3) is 6.91. The average Bonchev–Trinajstić information content (AvgIpc) is 3.63. The number of aromatic nitrogens is 6. The second kappa shape index (κ2) is 13.6. The van der Waals surface area contributed by atoms with Crippen LogP contribution in [-0.4, -0.2) is 57.8 Å². The minimum Gasteiger partial charge on any atom is -0.320 e. The maximum absolute atomic E-state index is 13.1. The molecule has 220 valence electrons. The Hall–Kier alpha value is -4.59. The molecule has 0 saturated heterocycles. The predicted molar refractivity (Wildman–Crippen MR) is 155 cm³/mol. The first-order valence-electron chi connectivity index (χ1n) is 13.5. The summed E-state index contributed by atoms with van der Waals surface area (Å²) in [6, 6.07) is 21.9. The van der Waals surface area contributed by atoms with Crippen LogP contribution in [0.15, 0.2) is 72.8 Å². The second-order valence-corrected chi connectivity index (χ2v) is 10.0. The number of aryl methyl sites for hydroxylation is 1. The van der Waals surface area contributed by atoms with Crippen molar-refractivity contribution in [1.82, 2.24) is 35.1 Å². The molecule has 2 heterocycles. The lowest BCUT2D eigenvalue weighted by molar-refractivity contribution is -0.497.